The van der Waals surface area contributed by atoms with Gasteiger partial charge < -0.3 is 15.6 Å². The summed E-state index contributed by atoms with van der Waals surface area (Å²) in [5.74, 6) is 1.09. The van der Waals surface area contributed by atoms with Crippen LogP contribution in [-0.2, 0) is 6.42 Å². The number of fused-ring (bicyclic) bond motifs is 1. The largest absolute Gasteiger partial charge is 0.368 e. The number of benzene rings is 1. The van der Waals surface area contributed by atoms with Crippen molar-refractivity contribution in [2.24, 2.45) is 0 Å². The van der Waals surface area contributed by atoms with Crippen molar-refractivity contribution in [3.05, 3.63) is 53.6 Å². The molecule has 0 radical (unpaired) electrons. The fourth-order valence-electron chi connectivity index (χ4n) is 2.85. The molecule has 1 aromatic carbocycles. The van der Waals surface area contributed by atoms with Gasteiger partial charge >= 0.3 is 0 Å². The summed E-state index contributed by atoms with van der Waals surface area (Å²) in [4.78, 5) is 24.3. The lowest BCUT2D eigenvalue weighted by Gasteiger charge is -2.13. The lowest BCUT2D eigenvalue weighted by molar-refractivity contribution is 0.0949. The van der Waals surface area contributed by atoms with Crippen LogP contribution in [-0.4, -0.2) is 33.4 Å². The molecule has 6 nitrogen and oxygen atoms in total. The van der Waals surface area contributed by atoms with Gasteiger partial charge in [0.15, 0.2) is 0 Å². The number of carbonyl (C=O) groups excluding carboxylic acids is 1. The number of nitrogens with zero attached hydrogens (tertiary/aromatic N) is 2. The molecule has 2 heterocycles. The number of H-pyrrole nitrogens is 1. The van der Waals surface area contributed by atoms with Crippen molar-refractivity contribution in [1.82, 2.24) is 20.3 Å². The van der Waals surface area contributed by atoms with E-state index in [9.17, 15) is 4.79 Å². The fraction of sp³-hybridized carbons (Fsp3) is 0.350. The van der Waals surface area contributed by atoms with Crippen molar-refractivity contribution in [2.75, 3.05) is 11.9 Å². The van der Waals surface area contributed by atoms with Crippen molar-refractivity contribution in [3.8, 4) is 0 Å². The quantitative estimate of drug-likeness (QED) is 0.609. The van der Waals surface area contributed by atoms with Crippen molar-refractivity contribution in [3.63, 3.8) is 0 Å². The van der Waals surface area contributed by atoms with Gasteiger partial charge in [-0.25, -0.2) is 9.97 Å². The molecular weight excluding hydrogens is 326 g/mol. The molecule has 6 heteroatoms. The van der Waals surface area contributed by atoms with Crippen LogP contribution in [0.4, 0.5) is 5.82 Å². The Balaban J connectivity index is 1.63. The summed E-state index contributed by atoms with van der Waals surface area (Å²) in [6.07, 6.45) is 3.74. The van der Waals surface area contributed by atoms with Crippen LogP contribution in [0.15, 0.2) is 36.5 Å². The number of amides is 1. The Morgan fingerprint density at radius 3 is 2.88 bits per heavy atom. The van der Waals surface area contributed by atoms with Crippen LogP contribution >= 0.6 is 0 Å². The van der Waals surface area contributed by atoms with Gasteiger partial charge in [-0.05, 0) is 38.3 Å². The molecule has 0 saturated heterocycles. The maximum atomic E-state index is 12.5. The van der Waals surface area contributed by atoms with Gasteiger partial charge in [0, 0.05) is 35.8 Å². The van der Waals surface area contributed by atoms with Crippen molar-refractivity contribution in [2.45, 2.75) is 39.7 Å². The molecule has 0 aliphatic carbocycles. The van der Waals surface area contributed by atoms with E-state index in [0.717, 1.165) is 18.4 Å². The van der Waals surface area contributed by atoms with Crippen LogP contribution in [0.3, 0.4) is 0 Å². The zero-order chi connectivity index (χ0) is 18.5. The third-order valence-electron chi connectivity index (χ3n) is 4.43. The minimum Gasteiger partial charge on any atom is -0.368 e. The first-order valence-electron chi connectivity index (χ1n) is 9.02. The van der Waals surface area contributed by atoms with Gasteiger partial charge in [0.1, 0.15) is 17.3 Å². The summed E-state index contributed by atoms with van der Waals surface area (Å²) in [7, 11) is 0. The van der Waals surface area contributed by atoms with Gasteiger partial charge in [-0.3, -0.25) is 4.79 Å². The molecule has 0 bridgehead atoms. The molecule has 26 heavy (non-hydrogen) atoms. The Morgan fingerprint density at radius 1 is 1.27 bits per heavy atom. The number of aromatic nitrogens is 3. The molecule has 3 rings (SSSR count). The zero-order valence-electron chi connectivity index (χ0n) is 15.5. The van der Waals surface area contributed by atoms with Crippen LogP contribution in [0, 0.1) is 6.92 Å². The van der Waals surface area contributed by atoms with E-state index in [4.69, 9.17) is 0 Å². The molecule has 0 saturated carbocycles. The molecule has 3 aromatic rings. The van der Waals surface area contributed by atoms with Gasteiger partial charge in [-0.1, -0.05) is 25.1 Å². The third-order valence-corrected chi connectivity index (χ3v) is 4.43. The summed E-state index contributed by atoms with van der Waals surface area (Å²) in [5.41, 5.74) is 2.70. The third kappa shape index (κ3) is 4.20. The predicted octanol–water partition coefficient (Wildman–Crippen LogP) is 3.45. The second-order valence-corrected chi connectivity index (χ2v) is 6.50. The van der Waals surface area contributed by atoms with E-state index in [1.807, 2.05) is 24.4 Å². The lowest BCUT2D eigenvalue weighted by Crippen LogP contribution is -2.27. The minimum absolute atomic E-state index is 0.178. The maximum absolute atomic E-state index is 12.5. The molecule has 3 N–H and O–H groups in total. The summed E-state index contributed by atoms with van der Waals surface area (Å²) < 4.78 is 0. The van der Waals surface area contributed by atoms with Gasteiger partial charge in [0.05, 0.1) is 0 Å². The molecular formula is C20H25N5O. The van der Waals surface area contributed by atoms with Crippen molar-refractivity contribution < 1.29 is 4.79 Å². The van der Waals surface area contributed by atoms with Gasteiger partial charge in [0.2, 0.25) is 0 Å². The highest BCUT2D eigenvalue weighted by molar-refractivity contribution is 5.93. The van der Waals surface area contributed by atoms with Crippen LogP contribution in [0.5, 0.6) is 0 Å². The average molecular weight is 351 g/mol. The number of rotatable bonds is 7. The monoisotopic (exact) mass is 351 g/mol. The number of carbonyl (C=O) groups is 1. The van der Waals surface area contributed by atoms with E-state index in [-0.39, 0.29) is 5.91 Å². The molecule has 2 aromatic heterocycles. The smallest absolute Gasteiger partial charge is 0.270 e. The molecule has 136 valence electrons. The standard InChI is InChI=1S/C20H25N5O/c1-4-13(2)23-19-11-18(24-14(3)25-19)20(26)21-10-9-15-12-22-17-8-6-5-7-16(15)17/h5-8,11-13,22H,4,9-10H2,1-3H3,(H,21,26)(H,23,24,25). The van der Waals surface area contributed by atoms with Gasteiger partial charge in [0.25, 0.3) is 5.91 Å². The summed E-state index contributed by atoms with van der Waals surface area (Å²) in [6, 6.07) is 10.2. The predicted molar refractivity (Wildman–Crippen MR) is 104 cm³/mol. The number of anilines is 1. The maximum Gasteiger partial charge on any atom is 0.270 e. The molecule has 0 spiro atoms. The Morgan fingerprint density at radius 2 is 2.08 bits per heavy atom. The molecule has 1 atom stereocenters. The highest BCUT2D eigenvalue weighted by atomic mass is 16.1. The summed E-state index contributed by atoms with van der Waals surface area (Å²) >= 11 is 0. The van der Waals surface area contributed by atoms with E-state index in [1.54, 1.807) is 13.0 Å². The number of hydrogen-bond acceptors (Lipinski definition) is 4. The first kappa shape index (κ1) is 17.9. The Labute approximate surface area is 153 Å². The molecule has 0 aliphatic rings. The van der Waals surface area contributed by atoms with E-state index in [2.05, 4.69) is 45.5 Å². The number of para-hydroxylation sites is 1. The van der Waals surface area contributed by atoms with Gasteiger partial charge in [-0.2, -0.15) is 0 Å². The first-order chi connectivity index (χ1) is 12.6. The Bertz CT molecular complexity index is 902. The topological polar surface area (TPSA) is 82.7 Å². The second-order valence-electron chi connectivity index (χ2n) is 6.50. The zero-order valence-corrected chi connectivity index (χ0v) is 15.5. The second kappa shape index (κ2) is 7.99. The van der Waals surface area contributed by atoms with Crippen molar-refractivity contribution in [1.29, 1.82) is 0 Å². The summed E-state index contributed by atoms with van der Waals surface area (Å²) in [6.45, 7) is 6.53. The number of aromatic amines is 1. The van der Waals surface area contributed by atoms with E-state index in [1.165, 1.54) is 10.9 Å². The number of hydrogen-bond donors (Lipinski definition) is 3. The van der Waals surface area contributed by atoms with E-state index in [0.29, 0.717) is 29.9 Å². The number of nitrogens with one attached hydrogen (secondary N) is 3. The minimum atomic E-state index is -0.178. The van der Waals surface area contributed by atoms with E-state index >= 15 is 0 Å². The molecule has 1 amide bonds. The fourth-order valence-corrected chi connectivity index (χ4v) is 2.85. The highest BCUT2D eigenvalue weighted by Crippen LogP contribution is 2.17. The molecule has 1 unspecified atom stereocenters. The Hall–Kier alpha value is -2.89. The van der Waals surface area contributed by atoms with Crippen LogP contribution in [0.25, 0.3) is 10.9 Å². The highest BCUT2D eigenvalue weighted by Gasteiger charge is 2.12. The van der Waals surface area contributed by atoms with Crippen LogP contribution in [0.1, 0.15) is 42.1 Å². The SMILES string of the molecule is CCC(C)Nc1cc(C(=O)NCCc2c[nH]c3ccccc23)nc(C)n1. The molecule has 0 fully saturated rings. The van der Waals surface area contributed by atoms with Crippen LogP contribution < -0.4 is 10.6 Å². The van der Waals surface area contributed by atoms with Crippen molar-refractivity contribution >= 4 is 22.6 Å². The summed E-state index contributed by atoms with van der Waals surface area (Å²) in [5, 5.41) is 7.44. The average Bonchev–Trinajstić information content (AvgIpc) is 3.04. The first-order valence-corrected chi connectivity index (χ1v) is 9.02. The van der Waals surface area contributed by atoms with Gasteiger partial charge in [-0.15, -0.1) is 0 Å². The number of aryl methyl sites for hydroxylation is 1. The molecule has 0 aliphatic heterocycles. The lowest BCUT2D eigenvalue weighted by atomic mass is 10.1. The Kier molecular flexibility index (Phi) is 5.51. The normalized spacial score (nSPS) is 12.1. The van der Waals surface area contributed by atoms with Crippen LogP contribution in [0.2, 0.25) is 0 Å². The van der Waals surface area contributed by atoms with E-state index < -0.39 is 0 Å².